The molecule has 1 aromatic rings. The third-order valence-electron chi connectivity index (χ3n) is 1.56. The van der Waals surface area contributed by atoms with Gasteiger partial charge in [0.1, 0.15) is 0 Å². The second kappa shape index (κ2) is 6.21. The molecule has 0 N–H and O–H groups in total. The molecule has 0 unspecified atom stereocenters. The predicted molar refractivity (Wildman–Crippen MR) is 56.5 cm³/mol. The molecule has 1 aromatic carbocycles. The van der Waals surface area contributed by atoms with Gasteiger partial charge in [-0.2, -0.15) is 0 Å². The van der Waals surface area contributed by atoms with Crippen LogP contribution >= 0.6 is 0 Å². The summed E-state index contributed by atoms with van der Waals surface area (Å²) < 4.78 is 5.20. The van der Waals surface area contributed by atoms with Crippen molar-refractivity contribution in [2.24, 2.45) is 0 Å². The fraction of sp³-hybridized carbons (Fsp3) is 0.167. The molecule has 0 bridgehead atoms. The average Bonchev–Trinajstić information content (AvgIpc) is 2.19. The monoisotopic (exact) mass is 174 g/mol. The number of rotatable bonds is 5. The Morgan fingerprint density at radius 3 is 2.62 bits per heavy atom. The predicted octanol–water partition coefficient (Wildman–Crippen LogP) is 2.90. The summed E-state index contributed by atoms with van der Waals surface area (Å²) in [6.07, 6.45) is 5.79. The molecule has 0 fully saturated rings. The van der Waals surface area contributed by atoms with Crippen LogP contribution in [0, 0.1) is 0 Å². The Hall–Kier alpha value is -1.34. The van der Waals surface area contributed by atoms with E-state index in [1.807, 2.05) is 30.4 Å². The highest BCUT2D eigenvalue weighted by Crippen LogP contribution is 2.00. The van der Waals surface area contributed by atoms with Gasteiger partial charge in [-0.3, -0.25) is 0 Å². The summed E-state index contributed by atoms with van der Waals surface area (Å²) in [7, 11) is 0. The molecule has 0 saturated heterocycles. The molecule has 1 nitrogen and oxygen atoms in total. The summed E-state index contributed by atoms with van der Waals surface area (Å²) in [5.74, 6) is 0. The van der Waals surface area contributed by atoms with Crippen LogP contribution in [0.4, 0.5) is 0 Å². The highest BCUT2D eigenvalue weighted by atomic mass is 16.5. The van der Waals surface area contributed by atoms with E-state index in [9.17, 15) is 0 Å². The standard InChI is InChI=1S/C12H14O/c1-2-10-13-11-6-9-12-7-4-3-5-8-12/h2-9H,1,10-11H2/b9-6-. The molecule has 1 rings (SSSR count). The third-order valence-corrected chi connectivity index (χ3v) is 1.56. The molecule has 0 aliphatic heterocycles. The first kappa shape index (κ1) is 9.75. The minimum atomic E-state index is 0.610. The Balaban J connectivity index is 2.28. The Morgan fingerprint density at radius 1 is 1.15 bits per heavy atom. The maximum Gasteiger partial charge on any atom is 0.0654 e. The summed E-state index contributed by atoms with van der Waals surface area (Å²) in [6, 6.07) is 10.2. The van der Waals surface area contributed by atoms with Gasteiger partial charge in [0.2, 0.25) is 0 Å². The van der Waals surface area contributed by atoms with Crippen LogP contribution in [-0.2, 0) is 4.74 Å². The van der Waals surface area contributed by atoms with Gasteiger partial charge in [0.15, 0.2) is 0 Å². The van der Waals surface area contributed by atoms with Crippen LogP contribution in [0.5, 0.6) is 0 Å². The van der Waals surface area contributed by atoms with Crippen molar-refractivity contribution in [3.05, 3.63) is 54.6 Å². The lowest BCUT2D eigenvalue weighted by atomic mass is 10.2. The summed E-state index contributed by atoms with van der Waals surface area (Å²) in [6.45, 7) is 4.82. The topological polar surface area (TPSA) is 9.23 Å². The molecular weight excluding hydrogens is 160 g/mol. The van der Waals surface area contributed by atoms with Crippen molar-refractivity contribution in [2.75, 3.05) is 13.2 Å². The lowest BCUT2D eigenvalue weighted by Gasteiger charge is -1.94. The van der Waals surface area contributed by atoms with Crippen LogP contribution < -0.4 is 0 Å². The highest BCUT2D eigenvalue weighted by molar-refractivity contribution is 5.48. The zero-order valence-electron chi connectivity index (χ0n) is 7.65. The summed E-state index contributed by atoms with van der Waals surface area (Å²) in [5.41, 5.74) is 1.20. The number of ether oxygens (including phenoxy) is 1. The largest absolute Gasteiger partial charge is 0.373 e. The maximum absolute atomic E-state index is 5.20. The van der Waals surface area contributed by atoms with Crippen LogP contribution in [0.3, 0.4) is 0 Å². The van der Waals surface area contributed by atoms with Crippen molar-refractivity contribution >= 4 is 6.08 Å². The van der Waals surface area contributed by atoms with E-state index >= 15 is 0 Å². The minimum absolute atomic E-state index is 0.610. The van der Waals surface area contributed by atoms with Gasteiger partial charge < -0.3 is 4.74 Å². The SMILES string of the molecule is C=CCOC/C=C\c1ccccc1. The molecular formula is C12H14O. The number of benzene rings is 1. The average molecular weight is 174 g/mol. The zero-order chi connectivity index (χ0) is 9.36. The van der Waals surface area contributed by atoms with Gasteiger partial charge in [0.05, 0.1) is 13.2 Å². The fourth-order valence-corrected chi connectivity index (χ4v) is 0.968. The first-order valence-electron chi connectivity index (χ1n) is 4.33. The van der Waals surface area contributed by atoms with Crippen LogP contribution in [0.2, 0.25) is 0 Å². The molecule has 0 heterocycles. The van der Waals surface area contributed by atoms with Crippen molar-refractivity contribution in [1.29, 1.82) is 0 Å². The number of hydrogen-bond acceptors (Lipinski definition) is 1. The Morgan fingerprint density at radius 2 is 1.92 bits per heavy atom. The summed E-state index contributed by atoms with van der Waals surface area (Å²) >= 11 is 0. The lowest BCUT2D eigenvalue weighted by Crippen LogP contribution is -1.88. The Kier molecular flexibility index (Phi) is 4.65. The van der Waals surface area contributed by atoms with Crippen molar-refractivity contribution in [1.82, 2.24) is 0 Å². The Bertz CT molecular complexity index is 262. The number of hydrogen-bond donors (Lipinski definition) is 0. The normalized spacial score (nSPS) is 10.5. The maximum atomic E-state index is 5.20. The molecule has 0 aromatic heterocycles. The fourth-order valence-electron chi connectivity index (χ4n) is 0.968. The molecule has 0 saturated carbocycles. The molecule has 0 amide bonds. The van der Waals surface area contributed by atoms with Crippen molar-refractivity contribution < 1.29 is 4.74 Å². The van der Waals surface area contributed by atoms with Crippen LogP contribution in [0.1, 0.15) is 5.56 Å². The van der Waals surface area contributed by atoms with Gasteiger partial charge in [0.25, 0.3) is 0 Å². The van der Waals surface area contributed by atoms with Gasteiger partial charge in [-0.1, -0.05) is 48.6 Å². The zero-order valence-corrected chi connectivity index (χ0v) is 7.65. The molecule has 0 radical (unpaired) electrons. The van der Waals surface area contributed by atoms with Gasteiger partial charge >= 0.3 is 0 Å². The van der Waals surface area contributed by atoms with Crippen LogP contribution in [0.15, 0.2) is 49.1 Å². The van der Waals surface area contributed by atoms with Crippen molar-refractivity contribution in [2.45, 2.75) is 0 Å². The lowest BCUT2D eigenvalue weighted by molar-refractivity contribution is 0.194. The van der Waals surface area contributed by atoms with Gasteiger partial charge in [-0.05, 0) is 5.56 Å². The van der Waals surface area contributed by atoms with E-state index in [2.05, 4.69) is 18.7 Å². The molecule has 0 aliphatic carbocycles. The second-order valence-electron chi connectivity index (χ2n) is 2.64. The molecule has 1 heteroatoms. The van der Waals surface area contributed by atoms with E-state index in [0.29, 0.717) is 13.2 Å². The van der Waals surface area contributed by atoms with Gasteiger partial charge in [-0.25, -0.2) is 0 Å². The first-order valence-corrected chi connectivity index (χ1v) is 4.33. The van der Waals surface area contributed by atoms with Crippen molar-refractivity contribution in [3.8, 4) is 0 Å². The van der Waals surface area contributed by atoms with E-state index in [1.54, 1.807) is 6.08 Å². The van der Waals surface area contributed by atoms with E-state index in [1.165, 1.54) is 5.56 Å². The molecule has 68 valence electrons. The Labute approximate surface area is 79.4 Å². The van der Waals surface area contributed by atoms with Crippen LogP contribution in [-0.4, -0.2) is 13.2 Å². The third kappa shape index (κ3) is 4.28. The smallest absolute Gasteiger partial charge is 0.0654 e. The van der Waals surface area contributed by atoms with Crippen LogP contribution in [0.25, 0.3) is 6.08 Å². The minimum Gasteiger partial charge on any atom is -0.373 e. The summed E-state index contributed by atoms with van der Waals surface area (Å²) in [5, 5.41) is 0. The molecule has 0 atom stereocenters. The molecule has 0 spiro atoms. The highest BCUT2D eigenvalue weighted by Gasteiger charge is 1.81. The van der Waals surface area contributed by atoms with Crippen molar-refractivity contribution in [3.63, 3.8) is 0 Å². The summed E-state index contributed by atoms with van der Waals surface area (Å²) in [4.78, 5) is 0. The molecule has 0 aliphatic rings. The molecule has 13 heavy (non-hydrogen) atoms. The second-order valence-corrected chi connectivity index (χ2v) is 2.64. The van der Waals surface area contributed by atoms with E-state index in [-0.39, 0.29) is 0 Å². The van der Waals surface area contributed by atoms with Gasteiger partial charge in [-0.15, -0.1) is 6.58 Å². The van der Waals surface area contributed by atoms with E-state index in [0.717, 1.165) is 0 Å². The van der Waals surface area contributed by atoms with E-state index in [4.69, 9.17) is 4.74 Å². The van der Waals surface area contributed by atoms with Gasteiger partial charge in [0, 0.05) is 0 Å². The first-order chi connectivity index (χ1) is 6.43. The quantitative estimate of drug-likeness (QED) is 0.492. The van der Waals surface area contributed by atoms with E-state index < -0.39 is 0 Å².